The van der Waals surface area contributed by atoms with Gasteiger partial charge in [0.2, 0.25) is 0 Å². The van der Waals surface area contributed by atoms with Crippen molar-refractivity contribution < 1.29 is 14.4 Å². The van der Waals surface area contributed by atoms with Gasteiger partial charge in [-0.15, -0.1) is 0 Å². The second-order valence-electron chi connectivity index (χ2n) is 12.3. The first-order valence-corrected chi connectivity index (χ1v) is 14.8. The van der Waals surface area contributed by atoms with Gasteiger partial charge in [0, 0.05) is 47.4 Å². The number of hydrogen-bond donors (Lipinski definition) is 1. The van der Waals surface area contributed by atoms with Crippen molar-refractivity contribution in [1.82, 2.24) is 10.1 Å². The summed E-state index contributed by atoms with van der Waals surface area (Å²) in [6.07, 6.45) is 9.44. The lowest BCUT2D eigenvalue weighted by Crippen LogP contribution is -2.57. The van der Waals surface area contributed by atoms with E-state index < -0.39 is 5.97 Å². The number of aromatic carboxylic acids is 1. The second-order valence-corrected chi connectivity index (χ2v) is 13.1. The van der Waals surface area contributed by atoms with Gasteiger partial charge in [-0.3, -0.25) is 4.90 Å². The molecule has 0 amide bonds. The van der Waals surface area contributed by atoms with Crippen molar-refractivity contribution in [2.75, 3.05) is 11.9 Å². The van der Waals surface area contributed by atoms with Crippen LogP contribution < -0.4 is 4.90 Å². The van der Waals surface area contributed by atoms with Crippen LogP contribution in [0.15, 0.2) is 47.0 Å². The van der Waals surface area contributed by atoms with Crippen LogP contribution in [0.3, 0.4) is 0 Å². The van der Waals surface area contributed by atoms with Gasteiger partial charge in [-0.1, -0.05) is 40.5 Å². The predicted octanol–water partition coefficient (Wildman–Crippen LogP) is 7.64. The van der Waals surface area contributed by atoms with Gasteiger partial charge in [-0.2, -0.15) is 0 Å². The van der Waals surface area contributed by atoms with Crippen LogP contribution >= 0.6 is 23.2 Å². The standard InChI is InChI=1S/C31H33Cl2N3O3/c1-35(17-24-28(34-39-29(24)18-8-9-18)27-25(32)6-3-7-26(27)33)23-15-31(16-23)13-21-10-11-22(14-31)36(21)20-5-2-4-19(12-20)30(37)38/h2-7,12,18,21-23H,8-11,13-17H2,1H3,(H,37,38). The molecule has 3 heterocycles. The smallest absolute Gasteiger partial charge is 0.335 e. The SMILES string of the molecule is CN(Cc1c(-c2c(Cl)cccc2Cl)noc1C1CC1)C1CC2(C1)CC1CCC(C2)N1c1cccc(C(=O)O)c1. The molecule has 2 saturated heterocycles. The molecule has 1 N–H and O–H groups in total. The number of fused-ring (bicyclic) bond motifs is 2. The summed E-state index contributed by atoms with van der Waals surface area (Å²) in [5.74, 6) is 0.584. The normalized spacial score (nSPS) is 27.8. The highest BCUT2D eigenvalue weighted by molar-refractivity contribution is 6.39. The summed E-state index contributed by atoms with van der Waals surface area (Å²) in [6.45, 7) is 0.772. The van der Waals surface area contributed by atoms with Crippen LogP contribution in [0.1, 0.15) is 79.0 Å². The van der Waals surface area contributed by atoms with Gasteiger partial charge in [-0.25, -0.2) is 4.79 Å². The lowest BCUT2D eigenvalue weighted by atomic mass is 9.58. The number of aromatic nitrogens is 1. The fourth-order valence-electron chi connectivity index (χ4n) is 7.69. The van der Waals surface area contributed by atoms with Crippen LogP contribution in [0.5, 0.6) is 0 Å². The first-order chi connectivity index (χ1) is 18.8. The zero-order valence-corrected chi connectivity index (χ0v) is 23.6. The first kappa shape index (κ1) is 25.4. The van der Waals surface area contributed by atoms with Crippen molar-refractivity contribution in [3.63, 3.8) is 0 Å². The summed E-state index contributed by atoms with van der Waals surface area (Å²) in [4.78, 5) is 16.5. The molecule has 3 aromatic rings. The van der Waals surface area contributed by atoms with Crippen LogP contribution in [-0.4, -0.2) is 46.3 Å². The summed E-state index contributed by atoms with van der Waals surface area (Å²) in [7, 11) is 2.22. The number of nitrogens with zero attached hydrogens (tertiary/aromatic N) is 3. The van der Waals surface area contributed by atoms with E-state index >= 15 is 0 Å². The molecule has 204 valence electrons. The maximum atomic E-state index is 11.5. The maximum absolute atomic E-state index is 11.5. The molecule has 1 spiro atoms. The summed E-state index contributed by atoms with van der Waals surface area (Å²) >= 11 is 13.2. The molecule has 2 saturated carbocycles. The Morgan fingerprint density at radius 3 is 2.36 bits per heavy atom. The third-order valence-corrected chi connectivity index (χ3v) is 10.3. The molecule has 2 aliphatic carbocycles. The van der Waals surface area contributed by atoms with Crippen molar-refractivity contribution in [1.29, 1.82) is 0 Å². The van der Waals surface area contributed by atoms with E-state index in [1.54, 1.807) is 6.07 Å². The highest BCUT2D eigenvalue weighted by atomic mass is 35.5. The third-order valence-electron chi connectivity index (χ3n) is 9.68. The summed E-state index contributed by atoms with van der Waals surface area (Å²) < 4.78 is 5.90. The van der Waals surface area contributed by atoms with E-state index in [2.05, 4.69) is 28.1 Å². The highest BCUT2D eigenvalue weighted by Crippen LogP contribution is 2.58. The van der Waals surface area contributed by atoms with Gasteiger partial charge in [0.05, 0.1) is 15.6 Å². The number of halogens is 2. The average molecular weight is 567 g/mol. The number of hydrogen-bond acceptors (Lipinski definition) is 5. The lowest BCUT2D eigenvalue weighted by Gasteiger charge is -2.57. The van der Waals surface area contributed by atoms with Crippen molar-refractivity contribution >= 4 is 34.9 Å². The quantitative estimate of drug-likeness (QED) is 0.317. The average Bonchev–Trinajstić information content (AvgIpc) is 3.60. The largest absolute Gasteiger partial charge is 0.478 e. The monoisotopic (exact) mass is 565 g/mol. The molecule has 2 bridgehead atoms. The number of piperidine rings is 1. The molecular weight excluding hydrogens is 533 g/mol. The molecule has 4 fully saturated rings. The fraction of sp³-hybridized carbons (Fsp3) is 0.484. The molecule has 7 rings (SSSR count). The van der Waals surface area contributed by atoms with E-state index in [9.17, 15) is 9.90 Å². The fourth-order valence-corrected chi connectivity index (χ4v) is 8.27. The van der Waals surface area contributed by atoms with Crippen LogP contribution in [0.2, 0.25) is 10.0 Å². The Morgan fingerprint density at radius 2 is 1.72 bits per heavy atom. The van der Waals surface area contributed by atoms with E-state index in [-0.39, 0.29) is 0 Å². The highest BCUT2D eigenvalue weighted by Gasteiger charge is 2.54. The number of rotatable bonds is 7. The van der Waals surface area contributed by atoms with E-state index in [0.29, 0.717) is 45.1 Å². The molecule has 2 aliphatic heterocycles. The molecule has 4 aliphatic rings. The van der Waals surface area contributed by atoms with Gasteiger partial charge >= 0.3 is 5.97 Å². The molecule has 39 heavy (non-hydrogen) atoms. The minimum absolute atomic E-state index is 0.370. The maximum Gasteiger partial charge on any atom is 0.335 e. The Morgan fingerprint density at radius 1 is 1.05 bits per heavy atom. The second kappa shape index (κ2) is 9.53. The zero-order valence-electron chi connectivity index (χ0n) is 22.1. The Hall–Kier alpha value is -2.54. The van der Waals surface area contributed by atoms with Crippen molar-refractivity contribution in [3.8, 4) is 11.3 Å². The lowest BCUT2D eigenvalue weighted by molar-refractivity contribution is -0.0199. The number of benzene rings is 2. The minimum Gasteiger partial charge on any atom is -0.478 e. The van der Waals surface area contributed by atoms with Gasteiger partial charge in [0.25, 0.3) is 0 Å². The molecule has 2 unspecified atom stereocenters. The van der Waals surface area contributed by atoms with E-state index in [4.69, 9.17) is 27.7 Å². The Bertz CT molecular complexity index is 1390. The molecule has 0 radical (unpaired) electrons. The Balaban J connectivity index is 1.06. The number of carboxylic acids is 1. The third kappa shape index (κ3) is 4.45. The molecule has 6 nitrogen and oxygen atoms in total. The Kier molecular flexibility index (Phi) is 6.22. The molecule has 2 atom stereocenters. The molecular formula is C31H33Cl2N3O3. The van der Waals surface area contributed by atoms with Gasteiger partial charge in [-0.05, 0) is 94.2 Å². The summed E-state index contributed by atoms with van der Waals surface area (Å²) in [6, 6.07) is 14.6. The van der Waals surface area contributed by atoms with Crippen molar-refractivity contribution in [3.05, 3.63) is 69.4 Å². The van der Waals surface area contributed by atoms with Crippen LogP contribution in [-0.2, 0) is 6.54 Å². The zero-order chi connectivity index (χ0) is 26.9. The van der Waals surface area contributed by atoms with Crippen molar-refractivity contribution in [2.24, 2.45) is 5.41 Å². The van der Waals surface area contributed by atoms with Crippen molar-refractivity contribution in [2.45, 2.75) is 82.0 Å². The van der Waals surface area contributed by atoms with E-state index in [0.717, 1.165) is 47.7 Å². The van der Waals surface area contributed by atoms with Crippen LogP contribution in [0, 0.1) is 5.41 Å². The first-order valence-electron chi connectivity index (χ1n) is 14.1. The van der Waals surface area contributed by atoms with E-state index in [1.165, 1.54) is 38.5 Å². The van der Waals surface area contributed by atoms with Gasteiger partial charge in [0.15, 0.2) is 0 Å². The topological polar surface area (TPSA) is 69.8 Å². The molecule has 1 aromatic heterocycles. The predicted molar refractivity (Wildman–Crippen MR) is 153 cm³/mol. The van der Waals surface area contributed by atoms with Gasteiger partial charge in [0.1, 0.15) is 11.5 Å². The number of carboxylic acid groups (broad SMARTS) is 1. The molecule has 2 aromatic carbocycles. The summed E-state index contributed by atoms with van der Waals surface area (Å²) in [5, 5.41) is 15.1. The number of carbonyl (C=O) groups is 1. The number of anilines is 1. The van der Waals surface area contributed by atoms with Crippen LogP contribution in [0.4, 0.5) is 5.69 Å². The summed E-state index contributed by atoms with van der Waals surface area (Å²) in [5.41, 5.74) is 4.49. The van der Waals surface area contributed by atoms with Gasteiger partial charge < -0.3 is 14.5 Å². The van der Waals surface area contributed by atoms with Crippen LogP contribution in [0.25, 0.3) is 11.3 Å². The minimum atomic E-state index is -0.861. The molecule has 8 heteroatoms. The Labute approximate surface area is 238 Å². The van der Waals surface area contributed by atoms with E-state index in [1.807, 2.05) is 30.3 Å².